The zero-order valence-corrected chi connectivity index (χ0v) is 13.7. The number of aromatic amines is 1. The number of aryl methyl sites for hydroxylation is 1. The molecule has 1 aliphatic rings. The minimum absolute atomic E-state index is 0.0990. The summed E-state index contributed by atoms with van der Waals surface area (Å²) < 4.78 is 1.84. The van der Waals surface area contributed by atoms with E-state index in [0.29, 0.717) is 10.7 Å². The summed E-state index contributed by atoms with van der Waals surface area (Å²) in [5.74, 6) is -0.0990. The Balaban J connectivity index is 1.63. The highest BCUT2D eigenvalue weighted by Gasteiger charge is 2.47. The van der Waals surface area contributed by atoms with Crippen molar-refractivity contribution in [1.29, 1.82) is 0 Å². The Hall–Kier alpha value is -2.27. The third kappa shape index (κ3) is 2.32. The maximum absolute atomic E-state index is 12.6. The summed E-state index contributed by atoms with van der Waals surface area (Å²) in [6.45, 7) is 2.03. The Kier molecular flexibility index (Phi) is 3.03. The molecule has 0 spiro atoms. The number of carbonyl (C=O) groups excluding carboxylic acids is 1. The second-order valence-electron chi connectivity index (χ2n) is 6.22. The topological polar surface area (TPSA) is 62.7 Å². The van der Waals surface area contributed by atoms with E-state index in [1.807, 2.05) is 49.1 Å². The van der Waals surface area contributed by atoms with Crippen LogP contribution in [0.1, 0.15) is 34.6 Å². The van der Waals surface area contributed by atoms with E-state index in [2.05, 4.69) is 15.4 Å². The lowest BCUT2D eigenvalue weighted by Gasteiger charge is -2.16. The van der Waals surface area contributed by atoms with Crippen LogP contribution in [0.5, 0.6) is 0 Å². The summed E-state index contributed by atoms with van der Waals surface area (Å²) in [4.78, 5) is 15.8. The predicted molar refractivity (Wildman–Crippen MR) is 89.6 cm³/mol. The maximum Gasteiger partial charge on any atom is 0.268 e. The molecule has 23 heavy (non-hydrogen) atoms. The molecule has 2 aromatic heterocycles. The molecule has 1 aromatic carbocycles. The van der Waals surface area contributed by atoms with Crippen LogP contribution >= 0.6 is 11.6 Å². The first-order valence-electron chi connectivity index (χ1n) is 7.58. The highest BCUT2D eigenvalue weighted by atomic mass is 35.5. The second-order valence-corrected chi connectivity index (χ2v) is 6.65. The number of halogens is 1. The quantitative estimate of drug-likeness (QED) is 0.775. The number of amides is 1. The van der Waals surface area contributed by atoms with Crippen LogP contribution in [0.15, 0.2) is 30.5 Å². The first-order valence-corrected chi connectivity index (χ1v) is 7.96. The lowest BCUT2D eigenvalue weighted by Crippen LogP contribution is -2.35. The van der Waals surface area contributed by atoms with Crippen LogP contribution < -0.4 is 5.32 Å². The van der Waals surface area contributed by atoms with Gasteiger partial charge in [-0.2, -0.15) is 5.10 Å². The van der Waals surface area contributed by atoms with Gasteiger partial charge in [0.15, 0.2) is 0 Å². The van der Waals surface area contributed by atoms with Gasteiger partial charge in [-0.25, -0.2) is 0 Å². The molecule has 0 aliphatic heterocycles. The number of nitrogens with one attached hydrogen (secondary N) is 2. The van der Waals surface area contributed by atoms with Crippen LogP contribution in [0.4, 0.5) is 0 Å². The average Bonchev–Trinajstić information content (AvgIpc) is 3.02. The normalized spacial score (nSPS) is 15.8. The standard InChI is InChI=1S/C17H17ClN4O/c1-10-13(9-19-22(10)2)17(5-6-17)21-16(23)15-8-11-7-12(18)3-4-14(11)20-15/h3-4,7-9,20H,5-6H2,1-2H3,(H,21,23). The summed E-state index contributed by atoms with van der Waals surface area (Å²) >= 11 is 6.00. The lowest BCUT2D eigenvalue weighted by molar-refractivity contribution is 0.0926. The van der Waals surface area contributed by atoms with Crippen molar-refractivity contribution in [3.05, 3.63) is 52.4 Å². The van der Waals surface area contributed by atoms with Crippen molar-refractivity contribution in [1.82, 2.24) is 20.1 Å². The molecule has 2 heterocycles. The molecule has 2 N–H and O–H groups in total. The van der Waals surface area contributed by atoms with Gasteiger partial charge in [-0.15, -0.1) is 0 Å². The molecule has 0 radical (unpaired) electrons. The van der Waals surface area contributed by atoms with E-state index in [9.17, 15) is 4.79 Å². The highest BCUT2D eigenvalue weighted by Crippen LogP contribution is 2.46. The van der Waals surface area contributed by atoms with Crippen molar-refractivity contribution in [3.63, 3.8) is 0 Å². The molecule has 1 amide bonds. The van der Waals surface area contributed by atoms with E-state index < -0.39 is 0 Å². The van der Waals surface area contributed by atoms with Gasteiger partial charge in [-0.3, -0.25) is 9.48 Å². The van der Waals surface area contributed by atoms with E-state index in [4.69, 9.17) is 11.6 Å². The van der Waals surface area contributed by atoms with Crippen molar-refractivity contribution in [3.8, 4) is 0 Å². The number of H-pyrrole nitrogens is 1. The van der Waals surface area contributed by atoms with Crippen LogP contribution in [0.3, 0.4) is 0 Å². The van der Waals surface area contributed by atoms with E-state index in [-0.39, 0.29) is 11.4 Å². The molecule has 118 valence electrons. The minimum Gasteiger partial charge on any atom is -0.351 e. The predicted octanol–water partition coefficient (Wildman–Crippen LogP) is 3.28. The first kappa shape index (κ1) is 14.3. The van der Waals surface area contributed by atoms with E-state index in [1.54, 1.807) is 0 Å². The molecule has 1 fully saturated rings. The third-order valence-electron chi connectivity index (χ3n) is 4.68. The largest absolute Gasteiger partial charge is 0.351 e. The zero-order valence-electron chi connectivity index (χ0n) is 13.0. The molecule has 6 heteroatoms. The van der Waals surface area contributed by atoms with E-state index in [1.165, 1.54) is 0 Å². The van der Waals surface area contributed by atoms with Crippen LogP contribution in [0, 0.1) is 6.92 Å². The number of hydrogen-bond donors (Lipinski definition) is 2. The Morgan fingerprint density at radius 1 is 1.39 bits per heavy atom. The van der Waals surface area contributed by atoms with Gasteiger partial charge in [0.2, 0.25) is 0 Å². The van der Waals surface area contributed by atoms with Crippen molar-refractivity contribution in [2.75, 3.05) is 0 Å². The SMILES string of the molecule is Cc1c(C2(NC(=O)c3cc4cc(Cl)ccc4[nH]3)CC2)cnn1C. The van der Waals surface area contributed by atoms with Gasteiger partial charge in [0, 0.05) is 34.2 Å². The highest BCUT2D eigenvalue weighted by molar-refractivity contribution is 6.31. The fourth-order valence-corrected chi connectivity index (χ4v) is 3.25. The molecule has 1 aliphatic carbocycles. The molecule has 3 aromatic rings. The second kappa shape index (κ2) is 4.86. The fraction of sp³-hybridized carbons (Fsp3) is 0.294. The van der Waals surface area contributed by atoms with Gasteiger partial charge in [-0.1, -0.05) is 11.6 Å². The van der Waals surface area contributed by atoms with Gasteiger partial charge in [0.1, 0.15) is 5.69 Å². The average molecular weight is 329 g/mol. The number of rotatable bonds is 3. The Morgan fingerprint density at radius 3 is 2.83 bits per heavy atom. The number of hydrogen-bond acceptors (Lipinski definition) is 2. The van der Waals surface area contributed by atoms with Crippen LogP contribution in [0.2, 0.25) is 5.02 Å². The molecule has 1 saturated carbocycles. The van der Waals surface area contributed by atoms with Gasteiger partial charge < -0.3 is 10.3 Å². The number of carbonyl (C=O) groups is 1. The first-order chi connectivity index (χ1) is 11.0. The van der Waals surface area contributed by atoms with Crippen LogP contribution in [0.25, 0.3) is 10.9 Å². The smallest absolute Gasteiger partial charge is 0.268 e. The maximum atomic E-state index is 12.6. The van der Waals surface area contributed by atoms with Gasteiger partial charge >= 0.3 is 0 Å². The third-order valence-corrected chi connectivity index (χ3v) is 4.92. The van der Waals surface area contributed by atoms with Gasteiger partial charge in [0.05, 0.1) is 11.7 Å². The summed E-state index contributed by atoms with van der Waals surface area (Å²) in [6, 6.07) is 7.38. The summed E-state index contributed by atoms with van der Waals surface area (Å²) in [5, 5.41) is 9.06. The molecule has 0 unspecified atom stereocenters. The fourth-order valence-electron chi connectivity index (χ4n) is 3.07. The molecule has 5 nitrogen and oxygen atoms in total. The van der Waals surface area contributed by atoms with Gasteiger partial charge in [0.25, 0.3) is 5.91 Å². The summed E-state index contributed by atoms with van der Waals surface area (Å²) in [7, 11) is 1.91. The molecular weight excluding hydrogens is 312 g/mol. The Bertz CT molecular complexity index is 920. The van der Waals surface area contributed by atoms with Crippen LogP contribution in [-0.4, -0.2) is 20.7 Å². The van der Waals surface area contributed by atoms with Gasteiger partial charge in [-0.05, 0) is 44.0 Å². The molecule has 4 rings (SSSR count). The number of fused-ring (bicyclic) bond motifs is 1. The Morgan fingerprint density at radius 2 is 2.17 bits per heavy atom. The summed E-state index contributed by atoms with van der Waals surface area (Å²) in [5.41, 5.74) is 3.38. The monoisotopic (exact) mass is 328 g/mol. The number of benzene rings is 1. The summed E-state index contributed by atoms with van der Waals surface area (Å²) in [6.07, 6.45) is 3.74. The zero-order chi connectivity index (χ0) is 16.2. The lowest BCUT2D eigenvalue weighted by atomic mass is 10.1. The molecular formula is C17H17ClN4O. The molecule has 0 bridgehead atoms. The number of aromatic nitrogens is 3. The van der Waals surface area contributed by atoms with Crippen molar-refractivity contribution < 1.29 is 4.79 Å². The minimum atomic E-state index is -0.273. The van der Waals surface area contributed by atoms with E-state index >= 15 is 0 Å². The van der Waals surface area contributed by atoms with Crippen molar-refractivity contribution >= 4 is 28.4 Å². The van der Waals surface area contributed by atoms with Crippen molar-refractivity contribution in [2.45, 2.75) is 25.3 Å². The molecule has 0 saturated heterocycles. The van der Waals surface area contributed by atoms with E-state index in [0.717, 1.165) is 35.0 Å². The molecule has 0 atom stereocenters. The Labute approximate surface area is 138 Å². The van der Waals surface area contributed by atoms with Crippen LogP contribution in [-0.2, 0) is 12.6 Å². The number of nitrogens with zero attached hydrogens (tertiary/aromatic N) is 2. The van der Waals surface area contributed by atoms with Crippen molar-refractivity contribution in [2.24, 2.45) is 7.05 Å².